The second-order valence-corrected chi connectivity index (χ2v) is 6.78. The third-order valence-corrected chi connectivity index (χ3v) is 3.63. The van der Waals surface area contributed by atoms with Crippen LogP contribution in [0.5, 0.6) is 0 Å². The number of nitrogens with one attached hydrogen (secondary N) is 1. The highest BCUT2D eigenvalue weighted by molar-refractivity contribution is 6.35. The Labute approximate surface area is 121 Å². The van der Waals surface area contributed by atoms with Gasteiger partial charge in [0.1, 0.15) is 0 Å². The molecule has 1 nitrogen and oxygen atoms in total. The Hall–Kier alpha value is -0.240. The summed E-state index contributed by atoms with van der Waals surface area (Å²) in [5.41, 5.74) is 1.41. The predicted molar refractivity (Wildman–Crippen MR) is 81.7 cm³/mol. The van der Waals surface area contributed by atoms with Gasteiger partial charge in [0.25, 0.3) is 0 Å². The van der Waals surface area contributed by atoms with Crippen molar-refractivity contribution in [1.29, 1.82) is 0 Å². The van der Waals surface area contributed by atoms with Crippen molar-refractivity contribution in [2.24, 2.45) is 5.41 Å². The molecule has 0 fully saturated rings. The quantitative estimate of drug-likeness (QED) is 0.781. The van der Waals surface area contributed by atoms with E-state index >= 15 is 0 Å². The van der Waals surface area contributed by atoms with Crippen LogP contribution in [0.3, 0.4) is 0 Å². The lowest BCUT2D eigenvalue weighted by molar-refractivity contribution is 0.320. The van der Waals surface area contributed by atoms with Gasteiger partial charge in [-0.05, 0) is 42.5 Å². The van der Waals surface area contributed by atoms with Crippen LogP contribution in [0, 0.1) is 5.41 Å². The molecule has 1 aromatic carbocycles. The van der Waals surface area contributed by atoms with Crippen LogP contribution in [0.25, 0.3) is 0 Å². The lowest BCUT2D eigenvalue weighted by Gasteiger charge is -2.26. The fourth-order valence-corrected chi connectivity index (χ4v) is 2.44. The molecule has 0 heterocycles. The van der Waals surface area contributed by atoms with Gasteiger partial charge in [0.2, 0.25) is 0 Å². The van der Waals surface area contributed by atoms with Gasteiger partial charge in [0.15, 0.2) is 0 Å². The maximum absolute atomic E-state index is 6.22. The van der Waals surface area contributed by atoms with E-state index in [0.29, 0.717) is 11.1 Å². The zero-order chi connectivity index (χ0) is 13.8. The summed E-state index contributed by atoms with van der Waals surface area (Å²) in [5.74, 6) is 0. The fourth-order valence-electron chi connectivity index (χ4n) is 1.97. The summed E-state index contributed by atoms with van der Waals surface area (Å²) in [6.07, 6.45) is 2.10. The summed E-state index contributed by atoms with van der Waals surface area (Å²) in [7, 11) is 0. The molecule has 102 valence electrons. The molecule has 0 radical (unpaired) electrons. The van der Waals surface area contributed by atoms with Crippen LogP contribution in [-0.4, -0.2) is 12.6 Å². The molecule has 1 N–H and O–H groups in total. The molecule has 18 heavy (non-hydrogen) atoms. The van der Waals surface area contributed by atoms with Gasteiger partial charge >= 0.3 is 0 Å². The highest BCUT2D eigenvalue weighted by atomic mass is 35.5. The Morgan fingerprint density at radius 3 is 2.44 bits per heavy atom. The number of hydrogen-bond acceptors (Lipinski definition) is 1. The van der Waals surface area contributed by atoms with E-state index in [2.05, 4.69) is 33.0 Å². The summed E-state index contributed by atoms with van der Waals surface area (Å²) in [6.45, 7) is 9.93. The molecule has 3 heteroatoms. The van der Waals surface area contributed by atoms with Crippen LogP contribution < -0.4 is 5.32 Å². The number of halogens is 2. The molecule has 0 bridgehead atoms. The van der Waals surface area contributed by atoms with Crippen LogP contribution in [-0.2, 0) is 6.42 Å². The van der Waals surface area contributed by atoms with Crippen molar-refractivity contribution in [1.82, 2.24) is 5.32 Å². The molecule has 0 aliphatic carbocycles. The van der Waals surface area contributed by atoms with E-state index in [4.69, 9.17) is 23.2 Å². The zero-order valence-electron chi connectivity index (χ0n) is 11.7. The first-order valence-corrected chi connectivity index (χ1v) is 7.23. The van der Waals surface area contributed by atoms with Gasteiger partial charge < -0.3 is 5.32 Å². The molecule has 0 saturated carbocycles. The number of hydrogen-bond donors (Lipinski definition) is 1. The van der Waals surface area contributed by atoms with Crippen molar-refractivity contribution in [3.05, 3.63) is 33.8 Å². The first-order valence-electron chi connectivity index (χ1n) is 6.47. The van der Waals surface area contributed by atoms with Crippen molar-refractivity contribution in [2.45, 2.75) is 46.6 Å². The van der Waals surface area contributed by atoms with Crippen molar-refractivity contribution < 1.29 is 0 Å². The van der Waals surface area contributed by atoms with Crippen molar-refractivity contribution in [2.75, 3.05) is 6.54 Å². The summed E-state index contributed by atoms with van der Waals surface area (Å²) >= 11 is 12.1. The number of benzene rings is 1. The Morgan fingerprint density at radius 1 is 1.22 bits per heavy atom. The molecule has 1 aromatic rings. The summed E-state index contributed by atoms with van der Waals surface area (Å²) < 4.78 is 0. The predicted octanol–water partition coefficient (Wildman–Crippen LogP) is 4.95. The normalized spacial score (nSPS) is 12.2. The summed E-state index contributed by atoms with van der Waals surface area (Å²) in [5, 5.41) is 4.92. The smallest absolute Gasteiger partial charge is 0.0453 e. The average molecular weight is 288 g/mol. The van der Waals surface area contributed by atoms with Gasteiger partial charge in [-0.25, -0.2) is 0 Å². The standard InChI is InChI=1S/C15H23Cl2N/c1-11(2)18-8-7-15(3,4)10-12-5-6-13(16)9-14(12)17/h5-6,9,11,18H,7-8,10H2,1-4H3. The Balaban J connectivity index is 2.58. The topological polar surface area (TPSA) is 12.0 Å². The van der Waals surface area contributed by atoms with Crippen LogP contribution in [0.2, 0.25) is 10.0 Å². The second kappa shape index (κ2) is 6.79. The van der Waals surface area contributed by atoms with E-state index in [0.717, 1.165) is 24.4 Å². The molecule has 0 aliphatic rings. The average Bonchev–Trinajstić information content (AvgIpc) is 2.21. The first kappa shape index (κ1) is 15.8. The van der Waals surface area contributed by atoms with Crippen molar-refractivity contribution in [3.8, 4) is 0 Å². The molecule has 0 unspecified atom stereocenters. The monoisotopic (exact) mass is 287 g/mol. The Morgan fingerprint density at radius 2 is 1.89 bits per heavy atom. The minimum absolute atomic E-state index is 0.235. The Kier molecular flexibility index (Phi) is 5.97. The minimum atomic E-state index is 0.235. The van der Waals surface area contributed by atoms with E-state index in [1.54, 1.807) is 0 Å². The molecular formula is C15H23Cl2N. The zero-order valence-corrected chi connectivity index (χ0v) is 13.2. The molecule has 0 saturated heterocycles. The summed E-state index contributed by atoms with van der Waals surface area (Å²) in [6, 6.07) is 6.30. The van der Waals surface area contributed by atoms with Gasteiger partial charge in [-0.2, -0.15) is 0 Å². The highest BCUT2D eigenvalue weighted by Crippen LogP contribution is 2.30. The highest BCUT2D eigenvalue weighted by Gasteiger charge is 2.19. The summed E-state index contributed by atoms with van der Waals surface area (Å²) in [4.78, 5) is 0. The van der Waals surface area contributed by atoms with E-state index in [1.807, 2.05) is 18.2 Å². The lowest BCUT2D eigenvalue weighted by Crippen LogP contribution is -2.28. The fraction of sp³-hybridized carbons (Fsp3) is 0.600. The van der Waals surface area contributed by atoms with Crippen molar-refractivity contribution in [3.63, 3.8) is 0 Å². The van der Waals surface area contributed by atoms with E-state index in [-0.39, 0.29) is 5.41 Å². The maximum atomic E-state index is 6.22. The lowest BCUT2D eigenvalue weighted by atomic mass is 9.82. The molecule has 0 amide bonds. The molecule has 0 aliphatic heterocycles. The SMILES string of the molecule is CC(C)NCCC(C)(C)Cc1ccc(Cl)cc1Cl. The number of rotatable bonds is 6. The van der Waals surface area contributed by atoms with Crippen LogP contribution in [0.15, 0.2) is 18.2 Å². The molecule has 0 atom stereocenters. The van der Waals surface area contributed by atoms with Crippen molar-refractivity contribution >= 4 is 23.2 Å². The molecule has 1 rings (SSSR count). The largest absolute Gasteiger partial charge is 0.315 e. The van der Waals surface area contributed by atoms with Crippen LogP contribution in [0.1, 0.15) is 39.7 Å². The van der Waals surface area contributed by atoms with Gasteiger partial charge in [-0.15, -0.1) is 0 Å². The van der Waals surface area contributed by atoms with E-state index in [9.17, 15) is 0 Å². The minimum Gasteiger partial charge on any atom is -0.315 e. The van der Waals surface area contributed by atoms with Gasteiger partial charge in [-0.1, -0.05) is 57.0 Å². The molecule has 0 aromatic heterocycles. The molecule has 0 spiro atoms. The van der Waals surface area contributed by atoms with E-state index in [1.165, 1.54) is 5.56 Å². The van der Waals surface area contributed by atoms with Crippen LogP contribution >= 0.6 is 23.2 Å². The van der Waals surface area contributed by atoms with E-state index < -0.39 is 0 Å². The maximum Gasteiger partial charge on any atom is 0.0453 e. The second-order valence-electron chi connectivity index (χ2n) is 5.94. The van der Waals surface area contributed by atoms with Crippen LogP contribution in [0.4, 0.5) is 0 Å². The van der Waals surface area contributed by atoms with Gasteiger partial charge in [0, 0.05) is 16.1 Å². The van der Waals surface area contributed by atoms with Gasteiger partial charge in [-0.3, -0.25) is 0 Å². The van der Waals surface area contributed by atoms with Gasteiger partial charge in [0.05, 0.1) is 0 Å². The molecular weight excluding hydrogens is 265 g/mol. The first-order chi connectivity index (χ1) is 8.30. The third kappa shape index (κ3) is 5.60. The third-order valence-electron chi connectivity index (χ3n) is 3.04. The Bertz CT molecular complexity index is 386.